The molecule has 0 radical (unpaired) electrons. The van der Waals surface area contributed by atoms with Gasteiger partial charge in [0, 0.05) is 23.9 Å². The van der Waals surface area contributed by atoms with Gasteiger partial charge in [0.05, 0.1) is 17.6 Å². The largest absolute Gasteiger partial charge is 0.494 e. The van der Waals surface area contributed by atoms with Gasteiger partial charge in [0.15, 0.2) is 0 Å². The number of nitrogens with two attached hydrogens (primary N) is 1. The summed E-state index contributed by atoms with van der Waals surface area (Å²) >= 11 is 0. The molecule has 0 aliphatic rings. The topological polar surface area (TPSA) is 53.1 Å². The quantitative estimate of drug-likeness (QED) is 0.721. The maximum atomic E-state index is 5.77. The zero-order valence-corrected chi connectivity index (χ0v) is 13.0. The summed E-state index contributed by atoms with van der Waals surface area (Å²) in [6.45, 7) is 5.82. The Morgan fingerprint density at radius 1 is 1.09 bits per heavy atom. The molecule has 22 heavy (non-hydrogen) atoms. The Kier molecular flexibility index (Phi) is 4.00. The first kappa shape index (κ1) is 14.4. The van der Waals surface area contributed by atoms with Gasteiger partial charge in [-0.1, -0.05) is 6.92 Å². The number of hydrogen-bond acceptors (Lipinski definition) is 3. The molecule has 0 bridgehead atoms. The normalized spacial score (nSPS) is 11.0. The number of aromatic nitrogens is 2. The Hall–Kier alpha value is -2.49. The van der Waals surface area contributed by atoms with Crippen molar-refractivity contribution in [1.82, 2.24) is 9.55 Å². The summed E-state index contributed by atoms with van der Waals surface area (Å²) in [5, 5.41) is 0. The Morgan fingerprint density at radius 3 is 2.55 bits per heavy atom. The van der Waals surface area contributed by atoms with Gasteiger partial charge in [-0.15, -0.1) is 0 Å². The minimum atomic E-state index is 0.727. The van der Waals surface area contributed by atoms with Crippen molar-refractivity contribution in [1.29, 1.82) is 0 Å². The highest BCUT2D eigenvalue weighted by Crippen LogP contribution is 2.28. The van der Waals surface area contributed by atoms with Crippen LogP contribution < -0.4 is 10.5 Å². The third-order valence-corrected chi connectivity index (χ3v) is 3.68. The number of nitrogens with zero attached hydrogens (tertiary/aromatic N) is 2. The van der Waals surface area contributed by atoms with E-state index in [1.54, 1.807) is 0 Å². The zero-order chi connectivity index (χ0) is 15.5. The lowest BCUT2D eigenvalue weighted by Gasteiger charge is -2.07. The van der Waals surface area contributed by atoms with E-state index in [1.165, 1.54) is 0 Å². The first-order valence-corrected chi connectivity index (χ1v) is 7.72. The molecule has 0 aliphatic carbocycles. The van der Waals surface area contributed by atoms with E-state index in [4.69, 9.17) is 15.5 Å². The SMILES string of the molecule is CCCOc1ccc2c(c1)nc(-c1ccc(N)cc1)n2CC. The van der Waals surface area contributed by atoms with Gasteiger partial charge >= 0.3 is 0 Å². The average Bonchev–Trinajstić information content (AvgIpc) is 2.91. The molecule has 0 amide bonds. The van der Waals surface area contributed by atoms with Crippen molar-refractivity contribution in [2.24, 2.45) is 0 Å². The van der Waals surface area contributed by atoms with Crippen molar-refractivity contribution in [2.45, 2.75) is 26.8 Å². The van der Waals surface area contributed by atoms with Crippen LogP contribution in [0.2, 0.25) is 0 Å². The van der Waals surface area contributed by atoms with Gasteiger partial charge in [0.25, 0.3) is 0 Å². The maximum Gasteiger partial charge on any atom is 0.141 e. The van der Waals surface area contributed by atoms with Crippen molar-refractivity contribution in [3.63, 3.8) is 0 Å². The van der Waals surface area contributed by atoms with Crippen molar-refractivity contribution in [3.05, 3.63) is 42.5 Å². The van der Waals surface area contributed by atoms with Crippen molar-refractivity contribution < 1.29 is 4.74 Å². The monoisotopic (exact) mass is 295 g/mol. The van der Waals surface area contributed by atoms with Gasteiger partial charge in [0.2, 0.25) is 0 Å². The molecule has 0 saturated carbocycles. The van der Waals surface area contributed by atoms with Gasteiger partial charge in [-0.2, -0.15) is 0 Å². The van der Waals surface area contributed by atoms with E-state index in [2.05, 4.69) is 24.5 Å². The van der Waals surface area contributed by atoms with Gasteiger partial charge in [-0.05, 0) is 49.7 Å². The van der Waals surface area contributed by atoms with Crippen LogP contribution in [0, 0.1) is 0 Å². The van der Waals surface area contributed by atoms with Crippen molar-refractivity contribution >= 4 is 16.7 Å². The molecule has 2 N–H and O–H groups in total. The molecule has 2 aromatic carbocycles. The lowest BCUT2D eigenvalue weighted by Crippen LogP contribution is -1.98. The first-order chi connectivity index (χ1) is 10.7. The number of nitrogen functional groups attached to an aromatic ring is 1. The highest BCUT2D eigenvalue weighted by atomic mass is 16.5. The second-order valence-corrected chi connectivity index (χ2v) is 5.30. The van der Waals surface area contributed by atoms with Crippen LogP contribution in [0.25, 0.3) is 22.4 Å². The van der Waals surface area contributed by atoms with Gasteiger partial charge in [-0.3, -0.25) is 0 Å². The minimum absolute atomic E-state index is 0.727. The highest BCUT2D eigenvalue weighted by molar-refractivity contribution is 5.82. The third kappa shape index (κ3) is 2.64. The fourth-order valence-electron chi connectivity index (χ4n) is 2.59. The molecule has 3 rings (SSSR count). The molecule has 0 saturated heterocycles. The zero-order valence-electron chi connectivity index (χ0n) is 13.0. The molecule has 4 heteroatoms. The van der Waals surface area contributed by atoms with Crippen molar-refractivity contribution in [3.8, 4) is 17.1 Å². The predicted molar refractivity (Wildman–Crippen MR) is 91.0 cm³/mol. The molecule has 114 valence electrons. The molecule has 1 heterocycles. The number of hydrogen-bond donors (Lipinski definition) is 1. The van der Waals surface area contributed by atoms with E-state index < -0.39 is 0 Å². The molecule has 4 nitrogen and oxygen atoms in total. The van der Waals surface area contributed by atoms with Crippen LogP contribution in [-0.4, -0.2) is 16.2 Å². The van der Waals surface area contributed by atoms with Crippen LogP contribution in [0.15, 0.2) is 42.5 Å². The van der Waals surface area contributed by atoms with Gasteiger partial charge in [0.1, 0.15) is 11.6 Å². The van der Waals surface area contributed by atoms with E-state index in [1.807, 2.05) is 36.4 Å². The van der Waals surface area contributed by atoms with Crippen LogP contribution in [0.1, 0.15) is 20.3 Å². The number of benzene rings is 2. The van der Waals surface area contributed by atoms with Crippen LogP contribution >= 0.6 is 0 Å². The van der Waals surface area contributed by atoms with Crippen molar-refractivity contribution in [2.75, 3.05) is 12.3 Å². The van der Waals surface area contributed by atoms with E-state index in [9.17, 15) is 0 Å². The number of ether oxygens (including phenoxy) is 1. The van der Waals surface area contributed by atoms with E-state index in [-0.39, 0.29) is 0 Å². The minimum Gasteiger partial charge on any atom is -0.494 e. The van der Waals surface area contributed by atoms with Gasteiger partial charge in [-0.25, -0.2) is 4.98 Å². The second kappa shape index (κ2) is 6.10. The average molecular weight is 295 g/mol. The van der Waals surface area contributed by atoms with Crippen LogP contribution in [0.4, 0.5) is 5.69 Å². The summed E-state index contributed by atoms with van der Waals surface area (Å²) in [6, 6.07) is 13.9. The number of fused-ring (bicyclic) bond motifs is 1. The Morgan fingerprint density at radius 2 is 1.86 bits per heavy atom. The van der Waals surface area contributed by atoms with E-state index in [0.29, 0.717) is 0 Å². The molecular weight excluding hydrogens is 274 g/mol. The first-order valence-electron chi connectivity index (χ1n) is 7.72. The fourth-order valence-corrected chi connectivity index (χ4v) is 2.59. The standard InChI is InChI=1S/C18H21N3O/c1-3-11-22-15-9-10-17-16(12-15)20-18(21(17)4-2)13-5-7-14(19)8-6-13/h5-10,12H,3-4,11,19H2,1-2H3. The summed E-state index contributed by atoms with van der Waals surface area (Å²) in [6.07, 6.45) is 0.998. The predicted octanol–water partition coefficient (Wildman–Crippen LogP) is 4.09. The molecular formula is C18H21N3O. The molecule has 0 atom stereocenters. The molecule has 1 aromatic heterocycles. The molecule has 0 fully saturated rings. The number of rotatable bonds is 5. The number of aryl methyl sites for hydroxylation is 1. The Balaban J connectivity index is 2.08. The fraction of sp³-hybridized carbons (Fsp3) is 0.278. The summed E-state index contributed by atoms with van der Waals surface area (Å²) in [5.41, 5.74) is 9.69. The third-order valence-electron chi connectivity index (χ3n) is 3.68. The molecule has 0 unspecified atom stereocenters. The lowest BCUT2D eigenvalue weighted by molar-refractivity contribution is 0.318. The highest BCUT2D eigenvalue weighted by Gasteiger charge is 2.12. The summed E-state index contributed by atoms with van der Waals surface area (Å²) in [7, 11) is 0. The smallest absolute Gasteiger partial charge is 0.141 e. The van der Waals surface area contributed by atoms with Crippen LogP contribution in [0.3, 0.4) is 0 Å². The molecule has 0 spiro atoms. The number of imidazole rings is 1. The van der Waals surface area contributed by atoms with E-state index in [0.717, 1.165) is 53.4 Å². The Labute approximate surface area is 130 Å². The summed E-state index contributed by atoms with van der Waals surface area (Å²) in [4.78, 5) is 4.79. The van der Waals surface area contributed by atoms with Crippen LogP contribution in [0.5, 0.6) is 5.75 Å². The maximum absolute atomic E-state index is 5.77. The van der Waals surface area contributed by atoms with Gasteiger partial charge < -0.3 is 15.0 Å². The van der Waals surface area contributed by atoms with E-state index >= 15 is 0 Å². The Bertz CT molecular complexity index is 775. The summed E-state index contributed by atoms with van der Waals surface area (Å²) in [5.74, 6) is 1.84. The number of anilines is 1. The van der Waals surface area contributed by atoms with Crippen LogP contribution in [-0.2, 0) is 6.54 Å². The molecule has 3 aromatic rings. The second-order valence-electron chi connectivity index (χ2n) is 5.30. The molecule has 0 aliphatic heterocycles. The lowest BCUT2D eigenvalue weighted by atomic mass is 10.2. The summed E-state index contributed by atoms with van der Waals surface area (Å²) < 4.78 is 7.91.